The highest BCUT2D eigenvalue weighted by Crippen LogP contribution is 2.14. The van der Waals surface area contributed by atoms with Gasteiger partial charge in [0.1, 0.15) is 0 Å². The molecule has 0 rings (SSSR count). The molecule has 0 unspecified atom stereocenters. The molecule has 0 radical (unpaired) electrons. The van der Waals surface area contributed by atoms with Gasteiger partial charge in [-0.25, -0.2) is 0 Å². The van der Waals surface area contributed by atoms with E-state index in [0.717, 1.165) is 12.3 Å². The van der Waals surface area contributed by atoms with Gasteiger partial charge in [-0.3, -0.25) is 0 Å². The van der Waals surface area contributed by atoms with E-state index in [1.807, 2.05) is 0 Å². The first kappa shape index (κ1) is 13.0. The van der Waals surface area contributed by atoms with Gasteiger partial charge in [0, 0.05) is 5.54 Å². The summed E-state index contributed by atoms with van der Waals surface area (Å²) < 4.78 is 0. The Kier molecular flexibility index (Phi) is 6.40. The molecule has 1 nitrogen and oxygen atoms in total. The topological polar surface area (TPSA) is 26.0 Å². The third-order valence-corrected chi connectivity index (χ3v) is 2.35. The van der Waals surface area contributed by atoms with Crippen LogP contribution in [0.15, 0.2) is 0 Å². The van der Waals surface area contributed by atoms with Crippen molar-refractivity contribution >= 4 is 0 Å². The third-order valence-electron chi connectivity index (χ3n) is 2.35. The van der Waals surface area contributed by atoms with Crippen LogP contribution in [0.25, 0.3) is 0 Å². The maximum Gasteiger partial charge on any atom is 0.00970 e. The molecule has 0 aromatic heterocycles. The van der Waals surface area contributed by atoms with Gasteiger partial charge in [-0.1, -0.05) is 46.0 Å². The molecule has 0 aliphatic carbocycles. The average Bonchev–Trinajstić information content (AvgIpc) is 1.93. The molecule has 1 heteroatoms. The lowest BCUT2D eigenvalue weighted by atomic mass is 9.97. The van der Waals surface area contributed by atoms with E-state index in [1.54, 1.807) is 0 Å². The molecule has 0 amide bonds. The number of rotatable bonds is 7. The van der Waals surface area contributed by atoms with Gasteiger partial charge in [-0.05, 0) is 26.2 Å². The van der Waals surface area contributed by atoms with Crippen LogP contribution in [0.3, 0.4) is 0 Å². The summed E-state index contributed by atoms with van der Waals surface area (Å²) in [7, 11) is 0. The predicted octanol–water partition coefficient (Wildman–Crippen LogP) is 3.72. The van der Waals surface area contributed by atoms with Crippen molar-refractivity contribution in [3.63, 3.8) is 0 Å². The molecule has 0 heterocycles. The van der Waals surface area contributed by atoms with Crippen LogP contribution in [-0.4, -0.2) is 5.54 Å². The van der Waals surface area contributed by atoms with Gasteiger partial charge in [-0.15, -0.1) is 0 Å². The van der Waals surface area contributed by atoms with Crippen molar-refractivity contribution in [2.75, 3.05) is 0 Å². The first-order valence-electron chi connectivity index (χ1n) is 5.71. The Labute approximate surface area is 84.1 Å². The Hall–Kier alpha value is -0.0400. The number of nitrogens with two attached hydrogens (primary N) is 1. The molecule has 0 aliphatic rings. The first-order chi connectivity index (χ1) is 5.92. The normalized spacial score (nSPS) is 12.5. The molecule has 0 saturated carbocycles. The highest BCUT2D eigenvalue weighted by atomic mass is 14.7. The number of hydrogen-bond donors (Lipinski definition) is 1. The van der Waals surface area contributed by atoms with Crippen LogP contribution in [0.4, 0.5) is 0 Å². The van der Waals surface area contributed by atoms with E-state index in [0.29, 0.717) is 0 Å². The molecule has 0 spiro atoms. The Morgan fingerprint density at radius 3 is 2.00 bits per heavy atom. The Morgan fingerprint density at radius 2 is 1.54 bits per heavy atom. The first-order valence-corrected chi connectivity index (χ1v) is 5.71. The van der Waals surface area contributed by atoms with E-state index in [1.165, 1.54) is 32.1 Å². The second-order valence-corrected chi connectivity index (χ2v) is 5.34. The number of unbranched alkanes of at least 4 members (excludes halogenated alkanes) is 3. The maximum absolute atomic E-state index is 5.90. The quantitative estimate of drug-likeness (QED) is 0.601. The van der Waals surface area contributed by atoms with Crippen molar-refractivity contribution in [3.8, 4) is 0 Å². The summed E-state index contributed by atoms with van der Waals surface area (Å²) in [6.07, 6.45) is 7.96. The van der Waals surface area contributed by atoms with Gasteiger partial charge >= 0.3 is 0 Å². The fraction of sp³-hybridized carbons (Fsp3) is 1.00. The lowest BCUT2D eigenvalue weighted by Crippen LogP contribution is -2.31. The standard InChI is InChI=1S/C12H27N/c1-11(2)9-7-5-6-8-10-12(3,4)13/h11H,5-10,13H2,1-4H3. The lowest BCUT2D eigenvalue weighted by molar-refractivity contribution is 0.435. The largest absolute Gasteiger partial charge is 0.326 e. The van der Waals surface area contributed by atoms with Gasteiger partial charge in [0.15, 0.2) is 0 Å². The SMILES string of the molecule is CC(C)CCCCCCC(C)(C)N. The van der Waals surface area contributed by atoms with Crippen LogP contribution in [0.1, 0.15) is 66.2 Å². The monoisotopic (exact) mass is 185 g/mol. The molecular weight excluding hydrogens is 158 g/mol. The second kappa shape index (κ2) is 6.42. The molecule has 0 saturated heterocycles. The highest BCUT2D eigenvalue weighted by Gasteiger charge is 2.08. The Bertz CT molecular complexity index is 111. The van der Waals surface area contributed by atoms with E-state index in [4.69, 9.17) is 5.73 Å². The van der Waals surface area contributed by atoms with Gasteiger partial charge in [0.05, 0.1) is 0 Å². The Balaban J connectivity index is 3.09. The molecule has 0 bridgehead atoms. The zero-order valence-electron chi connectivity index (χ0n) is 9.90. The summed E-state index contributed by atoms with van der Waals surface area (Å²) in [5, 5.41) is 0. The van der Waals surface area contributed by atoms with Crippen molar-refractivity contribution in [2.45, 2.75) is 71.8 Å². The Morgan fingerprint density at radius 1 is 1.00 bits per heavy atom. The van der Waals surface area contributed by atoms with Crippen LogP contribution < -0.4 is 5.73 Å². The molecule has 0 atom stereocenters. The highest BCUT2D eigenvalue weighted by molar-refractivity contribution is 4.70. The van der Waals surface area contributed by atoms with Crippen LogP contribution in [0, 0.1) is 5.92 Å². The van der Waals surface area contributed by atoms with E-state index >= 15 is 0 Å². The summed E-state index contributed by atoms with van der Waals surface area (Å²) in [6, 6.07) is 0. The van der Waals surface area contributed by atoms with Crippen LogP contribution in [0.2, 0.25) is 0 Å². The van der Waals surface area contributed by atoms with Gasteiger partial charge in [0.2, 0.25) is 0 Å². The zero-order chi connectivity index (χ0) is 10.3. The van der Waals surface area contributed by atoms with Gasteiger partial charge in [-0.2, -0.15) is 0 Å². The second-order valence-electron chi connectivity index (χ2n) is 5.34. The van der Waals surface area contributed by atoms with Crippen LogP contribution in [0.5, 0.6) is 0 Å². The van der Waals surface area contributed by atoms with Crippen LogP contribution in [-0.2, 0) is 0 Å². The summed E-state index contributed by atoms with van der Waals surface area (Å²) >= 11 is 0. The minimum absolute atomic E-state index is 0.0397. The summed E-state index contributed by atoms with van der Waals surface area (Å²) in [4.78, 5) is 0. The molecule has 13 heavy (non-hydrogen) atoms. The van der Waals surface area contributed by atoms with Gasteiger partial charge < -0.3 is 5.73 Å². The maximum atomic E-state index is 5.90. The fourth-order valence-corrected chi connectivity index (χ4v) is 1.49. The summed E-state index contributed by atoms with van der Waals surface area (Å²) in [5.74, 6) is 0.867. The molecule has 80 valence electrons. The van der Waals surface area contributed by atoms with E-state index in [-0.39, 0.29) is 5.54 Å². The van der Waals surface area contributed by atoms with Crippen molar-refractivity contribution in [1.82, 2.24) is 0 Å². The van der Waals surface area contributed by atoms with E-state index in [2.05, 4.69) is 27.7 Å². The molecule has 0 aliphatic heterocycles. The van der Waals surface area contributed by atoms with Crippen LogP contribution >= 0.6 is 0 Å². The fourth-order valence-electron chi connectivity index (χ4n) is 1.49. The predicted molar refractivity (Wildman–Crippen MR) is 60.8 cm³/mol. The van der Waals surface area contributed by atoms with Gasteiger partial charge in [0.25, 0.3) is 0 Å². The molecular formula is C12H27N. The van der Waals surface area contributed by atoms with Crippen molar-refractivity contribution in [3.05, 3.63) is 0 Å². The molecule has 0 aromatic rings. The smallest absolute Gasteiger partial charge is 0.00970 e. The number of hydrogen-bond acceptors (Lipinski definition) is 1. The van der Waals surface area contributed by atoms with E-state index in [9.17, 15) is 0 Å². The zero-order valence-corrected chi connectivity index (χ0v) is 9.90. The van der Waals surface area contributed by atoms with Crippen molar-refractivity contribution in [1.29, 1.82) is 0 Å². The lowest BCUT2D eigenvalue weighted by Gasteiger charge is -2.17. The van der Waals surface area contributed by atoms with E-state index < -0.39 is 0 Å². The summed E-state index contributed by atoms with van der Waals surface area (Å²) in [5.41, 5.74) is 5.94. The van der Waals surface area contributed by atoms with Crippen molar-refractivity contribution < 1.29 is 0 Å². The third kappa shape index (κ3) is 12.0. The molecule has 2 N–H and O–H groups in total. The van der Waals surface area contributed by atoms with Crippen molar-refractivity contribution in [2.24, 2.45) is 11.7 Å². The average molecular weight is 185 g/mol. The summed E-state index contributed by atoms with van der Waals surface area (Å²) in [6.45, 7) is 8.81. The molecule has 0 aromatic carbocycles. The minimum Gasteiger partial charge on any atom is -0.326 e. The minimum atomic E-state index is 0.0397. The molecule has 0 fully saturated rings.